The number of ketones is 2. The number of carbonyl (C=O) groups excluding carboxylic acids is 2. The van der Waals surface area contributed by atoms with Crippen LogP contribution in [0.25, 0.3) is 21.8 Å². The molecule has 3 heteroatoms. The number of nitrogens with zero attached hydrogens (tertiary/aromatic N) is 1. The van der Waals surface area contributed by atoms with Crippen LogP contribution in [0.4, 0.5) is 0 Å². The summed E-state index contributed by atoms with van der Waals surface area (Å²) in [5.41, 5.74) is 1.59. The second kappa shape index (κ2) is 5.65. The second-order valence-corrected chi connectivity index (χ2v) is 7.01. The van der Waals surface area contributed by atoms with E-state index in [2.05, 4.69) is 12.1 Å². The molecule has 0 radical (unpaired) electrons. The first-order chi connectivity index (χ1) is 10.9. The highest BCUT2D eigenvalue weighted by atomic mass is 16.1. The molecule has 3 nitrogen and oxygen atoms in total. The summed E-state index contributed by atoms with van der Waals surface area (Å²) in [6.45, 7) is 5.78. The van der Waals surface area contributed by atoms with Gasteiger partial charge < -0.3 is 4.57 Å². The highest BCUT2D eigenvalue weighted by Crippen LogP contribution is 2.28. The molecule has 0 aliphatic carbocycles. The van der Waals surface area contributed by atoms with Gasteiger partial charge >= 0.3 is 0 Å². The molecule has 0 amide bonds. The average molecular weight is 307 g/mol. The third-order valence-electron chi connectivity index (χ3n) is 4.21. The maximum absolute atomic E-state index is 12.4. The lowest BCUT2D eigenvalue weighted by Crippen LogP contribution is -2.24. The van der Waals surface area contributed by atoms with Crippen LogP contribution in [0.15, 0.2) is 48.5 Å². The van der Waals surface area contributed by atoms with E-state index >= 15 is 0 Å². The average Bonchev–Trinajstić information content (AvgIpc) is 2.81. The molecule has 3 aromatic rings. The number of benzene rings is 2. The summed E-state index contributed by atoms with van der Waals surface area (Å²) in [6, 6.07) is 16.1. The van der Waals surface area contributed by atoms with Crippen molar-refractivity contribution in [3.8, 4) is 0 Å². The summed E-state index contributed by atoms with van der Waals surface area (Å²) in [5.74, 6) is -0.0558. The van der Waals surface area contributed by atoms with Gasteiger partial charge in [0.1, 0.15) is 5.78 Å². The molecule has 3 rings (SSSR count). The Kier molecular flexibility index (Phi) is 3.80. The highest BCUT2D eigenvalue weighted by Gasteiger charge is 2.24. The maximum atomic E-state index is 12.4. The van der Waals surface area contributed by atoms with Gasteiger partial charge in [0.2, 0.25) is 0 Å². The fraction of sp³-hybridized carbons (Fsp3) is 0.300. The van der Waals surface area contributed by atoms with E-state index in [1.807, 2.05) is 61.7 Å². The van der Waals surface area contributed by atoms with E-state index < -0.39 is 5.41 Å². The van der Waals surface area contributed by atoms with E-state index in [1.165, 1.54) is 0 Å². The minimum Gasteiger partial charge on any atom is -0.333 e. The summed E-state index contributed by atoms with van der Waals surface area (Å²) >= 11 is 0. The van der Waals surface area contributed by atoms with Crippen LogP contribution in [-0.4, -0.2) is 16.1 Å². The lowest BCUT2D eigenvalue weighted by atomic mass is 9.88. The van der Waals surface area contributed by atoms with Crippen LogP contribution in [0.5, 0.6) is 0 Å². The molecular formula is C20H21NO2. The monoisotopic (exact) mass is 307 g/mol. The van der Waals surface area contributed by atoms with Gasteiger partial charge in [-0.1, -0.05) is 57.2 Å². The summed E-state index contributed by atoms with van der Waals surface area (Å²) in [4.78, 5) is 24.5. The first-order valence-electron chi connectivity index (χ1n) is 7.89. The molecule has 2 aromatic carbocycles. The van der Waals surface area contributed by atoms with Crippen LogP contribution in [0.1, 0.15) is 27.2 Å². The number of para-hydroxylation sites is 2. The Morgan fingerprint density at radius 3 is 1.83 bits per heavy atom. The highest BCUT2D eigenvalue weighted by molar-refractivity contribution is 6.09. The van der Waals surface area contributed by atoms with Crippen molar-refractivity contribution in [2.45, 2.75) is 33.7 Å². The Morgan fingerprint density at radius 1 is 0.870 bits per heavy atom. The van der Waals surface area contributed by atoms with Gasteiger partial charge in [-0.05, 0) is 12.1 Å². The molecule has 0 unspecified atom stereocenters. The normalized spacial score (nSPS) is 12.0. The van der Waals surface area contributed by atoms with Crippen LogP contribution >= 0.6 is 0 Å². The predicted octanol–water partition coefficient (Wildman–Crippen LogP) is 4.37. The summed E-state index contributed by atoms with van der Waals surface area (Å²) in [5, 5.41) is 2.27. The van der Waals surface area contributed by atoms with Crippen LogP contribution in [0.3, 0.4) is 0 Å². The van der Waals surface area contributed by atoms with Gasteiger partial charge in [0, 0.05) is 27.2 Å². The summed E-state index contributed by atoms with van der Waals surface area (Å²) in [6.07, 6.45) is -0.00959. The third-order valence-corrected chi connectivity index (χ3v) is 4.21. The van der Waals surface area contributed by atoms with Crippen molar-refractivity contribution in [3.63, 3.8) is 0 Å². The quantitative estimate of drug-likeness (QED) is 0.671. The molecule has 0 fully saturated rings. The van der Waals surface area contributed by atoms with E-state index in [1.54, 1.807) is 0 Å². The summed E-state index contributed by atoms with van der Waals surface area (Å²) in [7, 11) is 0. The van der Waals surface area contributed by atoms with Crippen LogP contribution < -0.4 is 0 Å². The van der Waals surface area contributed by atoms with Crippen LogP contribution in [-0.2, 0) is 16.1 Å². The first kappa shape index (κ1) is 15.5. The Hall–Kier alpha value is -2.42. The van der Waals surface area contributed by atoms with Crippen molar-refractivity contribution in [3.05, 3.63) is 48.5 Å². The lowest BCUT2D eigenvalue weighted by molar-refractivity contribution is -0.131. The number of fused-ring (bicyclic) bond motifs is 3. The van der Waals surface area contributed by atoms with E-state index in [9.17, 15) is 9.59 Å². The van der Waals surface area contributed by atoms with E-state index in [0.717, 1.165) is 21.8 Å². The molecule has 0 N–H and O–H groups in total. The molecule has 0 aliphatic heterocycles. The molecule has 1 heterocycles. The number of hydrogen-bond acceptors (Lipinski definition) is 2. The van der Waals surface area contributed by atoms with Gasteiger partial charge in [-0.3, -0.25) is 9.59 Å². The lowest BCUT2D eigenvalue weighted by Gasteiger charge is -2.16. The Labute approximate surface area is 135 Å². The largest absolute Gasteiger partial charge is 0.333 e. The minimum absolute atomic E-state index is 0.00959. The standard InChI is InChI=1S/C20H21NO2/c1-20(2,3)19(23)12-14(22)13-21-17-10-6-4-8-15(17)16-9-5-7-11-18(16)21/h4-11H,12-13H2,1-3H3. The molecule has 1 aromatic heterocycles. The van der Waals surface area contributed by atoms with E-state index in [4.69, 9.17) is 0 Å². The fourth-order valence-electron chi connectivity index (χ4n) is 2.85. The van der Waals surface area contributed by atoms with Gasteiger partial charge in [-0.15, -0.1) is 0 Å². The van der Waals surface area contributed by atoms with Crippen molar-refractivity contribution in [1.29, 1.82) is 0 Å². The molecule has 0 saturated heterocycles. The van der Waals surface area contributed by atoms with Gasteiger partial charge in [0.15, 0.2) is 5.78 Å². The zero-order valence-electron chi connectivity index (χ0n) is 13.8. The number of aromatic nitrogens is 1. The molecule has 0 aliphatic rings. The van der Waals surface area contributed by atoms with Gasteiger partial charge in [0.25, 0.3) is 0 Å². The van der Waals surface area contributed by atoms with Gasteiger partial charge in [-0.2, -0.15) is 0 Å². The van der Waals surface area contributed by atoms with Gasteiger partial charge in [0.05, 0.1) is 13.0 Å². The number of hydrogen-bond donors (Lipinski definition) is 0. The molecule has 0 spiro atoms. The zero-order valence-corrected chi connectivity index (χ0v) is 13.8. The number of Topliss-reactive ketones (excluding diaryl/α,β-unsaturated/α-hetero) is 2. The zero-order chi connectivity index (χ0) is 16.6. The number of carbonyl (C=O) groups is 2. The smallest absolute Gasteiger partial charge is 0.159 e. The van der Waals surface area contributed by atoms with Crippen molar-refractivity contribution in [2.75, 3.05) is 0 Å². The first-order valence-corrected chi connectivity index (χ1v) is 7.89. The SMILES string of the molecule is CC(C)(C)C(=O)CC(=O)Cn1c2ccccc2c2ccccc21. The topological polar surface area (TPSA) is 39.1 Å². The fourth-order valence-corrected chi connectivity index (χ4v) is 2.85. The minimum atomic E-state index is -0.476. The maximum Gasteiger partial charge on any atom is 0.159 e. The third kappa shape index (κ3) is 2.91. The van der Waals surface area contributed by atoms with Crippen molar-refractivity contribution < 1.29 is 9.59 Å². The summed E-state index contributed by atoms with van der Waals surface area (Å²) < 4.78 is 2.02. The molecular weight excluding hydrogens is 286 g/mol. The number of rotatable bonds is 4. The molecule has 23 heavy (non-hydrogen) atoms. The Balaban J connectivity index is 1.99. The van der Waals surface area contributed by atoms with Crippen LogP contribution in [0, 0.1) is 5.41 Å². The van der Waals surface area contributed by atoms with Gasteiger partial charge in [-0.25, -0.2) is 0 Å². The van der Waals surface area contributed by atoms with E-state index in [0.29, 0.717) is 0 Å². The molecule has 0 saturated carbocycles. The Morgan fingerprint density at radius 2 is 1.35 bits per heavy atom. The Bertz CT molecular complexity index is 844. The molecule has 0 bridgehead atoms. The second-order valence-electron chi connectivity index (χ2n) is 7.01. The predicted molar refractivity (Wildman–Crippen MR) is 93.5 cm³/mol. The van der Waals surface area contributed by atoms with E-state index in [-0.39, 0.29) is 24.5 Å². The molecule has 118 valence electrons. The van der Waals surface area contributed by atoms with Crippen LogP contribution in [0.2, 0.25) is 0 Å². The van der Waals surface area contributed by atoms with Crippen molar-refractivity contribution >= 4 is 33.4 Å². The molecule has 0 atom stereocenters. The van der Waals surface area contributed by atoms with Crippen molar-refractivity contribution in [1.82, 2.24) is 4.57 Å². The van der Waals surface area contributed by atoms with Crippen molar-refractivity contribution in [2.24, 2.45) is 5.41 Å².